The molecule has 1 unspecified atom stereocenters. The minimum atomic E-state index is -4.24. The molecular formula is C13H20NO7P. The van der Waals surface area contributed by atoms with Gasteiger partial charge in [-0.1, -0.05) is 18.2 Å². The van der Waals surface area contributed by atoms with E-state index in [1.165, 1.54) is 0 Å². The maximum atomic E-state index is 10.9. The average Bonchev–Trinajstić information content (AvgIpc) is 2.47. The number of benzene rings is 1. The van der Waals surface area contributed by atoms with Gasteiger partial charge in [0.05, 0.1) is 12.3 Å². The van der Waals surface area contributed by atoms with Crippen LogP contribution in [0.25, 0.3) is 0 Å². The minimum Gasteiger partial charge on any atom is -0.388 e. The van der Waals surface area contributed by atoms with Crippen LogP contribution in [0.5, 0.6) is 0 Å². The van der Waals surface area contributed by atoms with Crippen LogP contribution in [0.1, 0.15) is 6.42 Å². The standard InChI is InChI=1S/C13H20NO7P/c15-10-9(6-7-22(18,19)20)21-13(12(17)11(10)16)14-8-4-2-1-3-5-8/h1-5,9-17H,6-7H2,(H2,18,19,20)/t9-,10-,11+,12+,13?/m1/s1. The number of ether oxygens (including phenoxy) is 1. The summed E-state index contributed by atoms with van der Waals surface area (Å²) < 4.78 is 16.4. The molecule has 1 aromatic rings. The second-order valence-corrected chi connectivity index (χ2v) is 7.03. The number of aliphatic hydroxyl groups is 3. The van der Waals surface area contributed by atoms with Gasteiger partial charge in [-0.15, -0.1) is 0 Å². The summed E-state index contributed by atoms with van der Waals surface area (Å²) in [6, 6.07) is 8.82. The normalized spacial score (nSPS) is 32.7. The average molecular weight is 333 g/mol. The third-order valence-corrected chi connectivity index (χ3v) is 4.34. The maximum Gasteiger partial charge on any atom is 0.325 e. The van der Waals surface area contributed by atoms with Crippen LogP contribution in [0.4, 0.5) is 5.69 Å². The molecule has 1 aliphatic heterocycles. The van der Waals surface area contributed by atoms with E-state index in [2.05, 4.69) is 5.32 Å². The molecule has 0 aliphatic carbocycles. The number of hydrogen-bond acceptors (Lipinski definition) is 6. The molecule has 0 amide bonds. The van der Waals surface area contributed by atoms with Crippen molar-refractivity contribution in [1.29, 1.82) is 0 Å². The summed E-state index contributed by atoms with van der Waals surface area (Å²) in [6.07, 6.45) is -6.87. The number of nitrogens with one attached hydrogen (secondary N) is 1. The second kappa shape index (κ2) is 7.06. The molecule has 0 radical (unpaired) electrons. The summed E-state index contributed by atoms with van der Waals surface area (Å²) >= 11 is 0. The number of anilines is 1. The van der Waals surface area contributed by atoms with Crippen molar-refractivity contribution in [2.45, 2.75) is 37.1 Å². The predicted molar refractivity (Wildman–Crippen MR) is 78.3 cm³/mol. The van der Waals surface area contributed by atoms with Crippen LogP contribution in [0.3, 0.4) is 0 Å². The number of aliphatic hydroxyl groups excluding tert-OH is 3. The molecule has 1 saturated heterocycles. The quantitative estimate of drug-likeness (QED) is 0.395. The highest BCUT2D eigenvalue weighted by atomic mass is 31.2. The van der Waals surface area contributed by atoms with Gasteiger partial charge < -0.3 is 35.2 Å². The van der Waals surface area contributed by atoms with Gasteiger partial charge >= 0.3 is 7.60 Å². The Morgan fingerprint density at radius 2 is 1.68 bits per heavy atom. The molecule has 1 aromatic carbocycles. The molecular weight excluding hydrogens is 313 g/mol. The fourth-order valence-electron chi connectivity index (χ4n) is 2.30. The van der Waals surface area contributed by atoms with Crippen LogP contribution in [0.15, 0.2) is 30.3 Å². The fourth-order valence-corrected chi connectivity index (χ4v) is 2.89. The molecule has 5 atom stereocenters. The smallest absolute Gasteiger partial charge is 0.325 e. The Morgan fingerprint density at radius 1 is 1.05 bits per heavy atom. The summed E-state index contributed by atoms with van der Waals surface area (Å²) in [5.74, 6) is 0. The Morgan fingerprint density at radius 3 is 2.27 bits per heavy atom. The van der Waals surface area contributed by atoms with Crippen molar-refractivity contribution in [1.82, 2.24) is 0 Å². The zero-order valence-electron chi connectivity index (χ0n) is 11.7. The summed E-state index contributed by atoms with van der Waals surface area (Å²) in [5, 5.41) is 32.6. The van der Waals surface area contributed by atoms with Crippen LogP contribution in [0.2, 0.25) is 0 Å². The van der Waals surface area contributed by atoms with E-state index >= 15 is 0 Å². The van der Waals surface area contributed by atoms with E-state index in [0.717, 1.165) is 0 Å². The largest absolute Gasteiger partial charge is 0.388 e. The molecule has 1 heterocycles. The highest BCUT2D eigenvalue weighted by Crippen LogP contribution is 2.37. The molecule has 0 aromatic heterocycles. The van der Waals surface area contributed by atoms with Crippen LogP contribution in [-0.2, 0) is 9.30 Å². The van der Waals surface area contributed by atoms with Gasteiger partial charge in [-0.25, -0.2) is 0 Å². The minimum absolute atomic E-state index is 0.137. The van der Waals surface area contributed by atoms with Crippen molar-refractivity contribution >= 4 is 13.3 Å². The van der Waals surface area contributed by atoms with E-state index in [1.807, 2.05) is 6.07 Å². The Kier molecular flexibility index (Phi) is 5.57. The van der Waals surface area contributed by atoms with E-state index in [1.54, 1.807) is 24.3 Å². The third-order valence-electron chi connectivity index (χ3n) is 3.50. The lowest BCUT2D eigenvalue weighted by Gasteiger charge is -2.41. The first-order valence-corrected chi connectivity index (χ1v) is 8.63. The van der Waals surface area contributed by atoms with Crippen molar-refractivity contribution in [2.24, 2.45) is 0 Å². The van der Waals surface area contributed by atoms with E-state index in [-0.39, 0.29) is 6.42 Å². The molecule has 9 heteroatoms. The molecule has 8 nitrogen and oxygen atoms in total. The molecule has 22 heavy (non-hydrogen) atoms. The Bertz CT molecular complexity index is 522. The Balaban J connectivity index is 2.05. The van der Waals surface area contributed by atoms with Gasteiger partial charge in [0, 0.05) is 5.69 Å². The lowest BCUT2D eigenvalue weighted by atomic mass is 9.96. The van der Waals surface area contributed by atoms with Crippen molar-refractivity contribution in [3.05, 3.63) is 30.3 Å². The van der Waals surface area contributed by atoms with E-state index in [9.17, 15) is 19.9 Å². The number of rotatable bonds is 5. The number of para-hydroxylation sites is 1. The van der Waals surface area contributed by atoms with Crippen LogP contribution < -0.4 is 5.32 Å². The van der Waals surface area contributed by atoms with Gasteiger partial charge in [0.25, 0.3) is 0 Å². The highest BCUT2D eigenvalue weighted by molar-refractivity contribution is 7.51. The van der Waals surface area contributed by atoms with Crippen molar-refractivity contribution in [2.75, 3.05) is 11.5 Å². The zero-order valence-corrected chi connectivity index (χ0v) is 12.6. The topological polar surface area (TPSA) is 139 Å². The van der Waals surface area contributed by atoms with Gasteiger partial charge in [-0.05, 0) is 18.6 Å². The van der Waals surface area contributed by atoms with Crippen LogP contribution in [-0.4, -0.2) is 61.9 Å². The lowest BCUT2D eigenvalue weighted by molar-refractivity contribution is -0.214. The predicted octanol–water partition coefficient (Wildman–Crippen LogP) is -0.526. The SMILES string of the molecule is O=P(O)(O)CC[C@H]1OC(Nc2ccccc2)[C@@H](O)[C@@H](O)[C@@H]1O. The van der Waals surface area contributed by atoms with Crippen LogP contribution in [0, 0.1) is 0 Å². The molecule has 0 spiro atoms. The first-order chi connectivity index (χ1) is 10.3. The Labute approximate surface area is 127 Å². The van der Waals surface area contributed by atoms with E-state index in [0.29, 0.717) is 5.69 Å². The van der Waals surface area contributed by atoms with Gasteiger partial charge in [-0.3, -0.25) is 4.57 Å². The van der Waals surface area contributed by atoms with Crippen molar-refractivity contribution in [3.8, 4) is 0 Å². The second-order valence-electron chi connectivity index (χ2n) is 5.25. The molecule has 0 saturated carbocycles. The Hall–Kier alpha value is -0.990. The summed E-state index contributed by atoms with van der Waals surface area (Å²) in [6.45, 7) is 0. The van der Waals surface area contributed by atoms with Gasteiger partial charge in [-0.2, -0.15) is 0 Å². The van der Waals surface area contributed by atoms with Gasteiger partial charge in [0.15, 0.2) is 6.23 Å². The molecule has 0 bridgehead atoms. The van der Waals surface area contributed by atoms with Gasteiger partial charge in [0.2, 0.25) is 0 Å². The van der Waals surface area contributed by atoms with E-state index < -0.39 is 44.4 Å². The maximum absolute atomic E-state index is 10.9. The first kappa shape index (κ1) is 17.4. The number of hydrogen-bond donors (Lipinski definition) is 6. The molecule has 1 fully saturated rings. The molecule has 124 valence electrons. The van der Waals surface area contributed by atoms with Crippen LogP contribution >= 0.6 is 7.60 Å². The first-order valence-electron chi connectivity index (χ1n) is 6.84. The van der Waals surface area contributed by atoms with Crippen molar-refractivity contribution in [3.63, 3.8) is 0 Å². The monoisotopic (exact) mass is 333 g/mol. The summed E-state index contributed by atoms with van der Waals surface area (Å²) in [7, 11) is -4.24. The summed E-state index contributed by atoms with van der Waals surface area (Å²) in [5.41, 5.74) is 0.642. The van der Waals surface area contributed by atoms with Crippen molar-refractivity contribution < 1.29 is 34.4 Å². The van der Waals surface area contributed by atoms with Gasteiger partial charge in [0.1, 0.15) is 18.3 Å². The fraction of sp³-hybridized carbons (Fsp3) is 0.538. The molecule has 6 N–H and O–H groups in total. The molecule has 2 rings (SSSR count). The lowest BCUT2D eigenvalue weighted by Crippen LogP contribution is -2.59. The highest BCUT2D eigenvalue weighted by Gasteiger charge is 2.43. The summed E-state index contributed by atoms with van der Waals surface area (Å²) in [4.78, 5) is 17.8. The van der Waals surface area contributed by atoms with E-state index in [4.69, 9.17) is 14.5 Å². The zero-order chi connectivity index (χ0) is 16.3. The third kappa shape index (κ3) is 4.50. The molecule has 1 aliphatic rings.